The van der Waals surface area contributed by atoms with Crippen LogP contribution in [0.25, 0.3) is 10.8 Å². The van der Waals surface area contributed by atoms with Gasteiger partial charge in [-0.3, -0.25) is 0 Å². The van der Waals surface area contributed by atoms with Crippen LogP contribution in [0.1, 0.15) is 23.8 Å². The molecule has 0 spiro atoms. The van der Waals surface area contributed by atoms with Gasteiger partial charge in [0.2, 0.25) is 0 Å². The second kappa shape index (κ2) is 5.35. The van der Waals surface area contributed by atoms with Crippen LogP contribution < -0.4 is 0 Å². The molecule has 2 heterocycles. The fourth-order valence-corrected chi connectivity index (χ4v) is 3.83. The van der Waals surface area contributed by atoms with Crippen LogP contribution >= 0.6 is 23.1 Å². The zero-order valence-electron chi connectivity index (χ0n) is 10.5. The van der Waals surface area contributed by atoms with Gasteiger partial charge in [0.15, 0.2) is 0 Å². The number of rotatable bonds is 3. The number of nitriles is 1. The molecule has 0 amide bonds. The van der Waals surface area contributed by atoms with Crippen LogP contribution in [0.3, 0.4) is 0 Å². The summed E-state index contributed by atoms with van der Waals surface area (Å²) in [5.74, 6) is 1.67. The summed E-state index contributed by atoms with van der Waals surface area (Å²) in [5, 5.41) is 17.0. The molecule has 0 fully saturated rings. The SMILES string of the molecule is C[C@H]1CCc2sc(-c3nnc(SCC#N)o3)cc2C1. The van der Waals surface area contributed by atoms with Gasteiger partial charge in [0.05, 0.1) is 16.7 Å². The van der Waals surface area contributed by atoms with Crippen LogP contribution in [0.15, 0.2) is 15.7 Å². The fourth-order valence-electron chi connectivity index (χ4n) is 2.27. The Hall–Kier alpha value is -1.32. The Balaban J connectivity index is 1.83. The predicted octanol–water partition coefficient (Wildman–Crippen LogP) is 3.54. The zero-order chi connectivity index (χ0) is 13.2. The molecule has 3 rings (SSSR count). The van der Waals surface area contributed by atoms with Crippen molar-refractivity contribution < 1.29 is 4.42 Å². The average Bonchev–Trinajstić information content (AvgIpc) is 3.01. The van der Waals surface area contributed by atoms with Gasteiger partial charge in [-0.1, -0.05) is 18.7 Å². The highest BCUT2D eigenvalue weighted by atomic mass is 32.2. The van der Waals surface area contributed by atoms with Crippen molar-refractivity contribution in [1.29, 1.82) is 5.26 Å². The first kappa shape index (κ1) is 12.7. The van der Waals surface area contributed by atoms with Crippen LogP contribution in [0.5, 0.6) is 0 Å². The third kappa shape index (κ3) is 2.67. The standard InChI is InChI=1S/C13H13N3OS2/c1-8-2-3-10-9(6-8)7-11(19-10)12-15-16-13(17-12)18-5-4-14/h7-8H,2-3,5-6H2,1H3/t8-/m0/s1. The topological polar surface area (TPSA) is 62.7 Å². The lowest BCUT2D eigenvalue weighted by Crippen LogP contribution is -2.07. The largest absolute Gasteiger partial charge is 0.410 e. The van der Waals surface area contributed by atoms with E-state index in [1.165, 1.54) is 28.6 Å². The van der Waals surface area contributed by atoms with Gasteiger partial charge in [-0.25, -0.2) is 0 Å². The van der Waals surface area contributed by atoms with Gasteiger partial charge in [0, 0.05) is 4.88 Å². The second-order valence-electron chi connectivity index (χ2n) is 4.73. The first-order valence-corrected chi connectivity index (χ1v) is 8.01. The molecule has 1 atom stereocenters. The third-order valence-electron chi connectivity index (χ3n) is 3.21. The van der Waals surface area contributed by atoms with E-state index in [0.717, 1.165) is 23.6 Å². The van der Waals surface area contributed by atoms with E-state index in [2.05, 4.69) is 23.2 Å². The van der Waals surface area contributed by atoms with E-state index in [0.29, 0.717) is 16.9 Å². The van der Waals surface area contributed by atoms with Gasteiger partial charge in [0.1, 0.15) is 0 Å². The molecule has 1 aliphatic carbocycles. The maximum atomic E-state index is 8.53. The molecule has 0 unspecified atom stereocenters. The number of hydrogen-bond acceptors (Lipinski definition) is 6. The Kier molecular flexibility index (Phi) is 3.58. The molecular formula is C13H13N3OS2. The molecule has 1 aliphatic rings. The first-order chi connectivity index (χ1) is 9.26. The van der Waals surface area contributed by atoms with Crippen LogP contribution in [-0.2, 0) is 12.8 Å². The molecule has 0 radical (unpaired) electrons. The molecule has 2 aromatic heterocycles. The highest BCUT2D eigenvalue weighted by molar-refractivity contribution is 7.99. The van der Waals surface area contributed by atoms with E-state index in [-0.39, 0.29) is 0 Å². The Morgan fingerprint density at radius 3 is 3.32 bits per heavy atom. The minimum atomic E-state index is 0.333. The lowest BCUT2D eigenvalue weighted by atomic mass is 9.90. The van der Waals surface area contributed by atoms with Gasteiger partial charge < -0.3 is 4.42 Å². The number of fused-ring (bicyclic) bond motifs is 1. The van der Waals surface area contributed by atoms with Crippen LogP contribution in [0, 0.1) is 17.2 Å². The summed E-state index contributed by atoms with van der Waals surface area (Å²) in [6.07, 6.45) is 3.57. The Labute approximate surface area is 119 Å². The summed E-state index contributed by atoms with van der Waals surface area (Å²) < 4.78 is 5.58. The number of thioether (sulfide) groups is 1. The summed E-state index contributed by atoms with van der Waals surface area (Å²) in [6, 6.07) is 4.23. The summed E-state index contributed by atoms with van der Waals surface area (Å²) in [6.45, 7) is 2.30. The van der Waals surface area contributed by atoms with Crippen molar-refractivity contribution in [2.45, 2.75) is 31.4 Å². The van der Waals surface area contributed by atoms with E-state index < -0.39 is 0 Å². The lowest BCUT2D eigenvalue weighted by Gasteiger charge is -2.16. The maximum absolute atomic E-state index is 8.53. The molecular weight excluding hydrogens is 278 g/mol. The molecule has 0 saturated heterocycles. The molecule has 0 aliphatic heterocycles. The first-order valence-electron chi connectivity index (χ1n) is 6.21. The molecule has 0 N–H and O–H groups in total. The highest BCUT2D eigenvalue weighted by Gasteiger charge is 2.20. The summed E-state index contributed by atoms with van der Waals surface area (Å²) in [4.78, 5) is 2.51. The molecule has 98 valence electrons. The lowest BCUT2D eigenvalue weighted by molar-refractivity contribution is 0.467. The van der Waals surface area contributed by atoms with Gasteiger partial charge in [-0.15, -0.1) is 21.5 Å². The molecule has 2 aromatic rings. The van der Waals surface area contributed by atoms with Crippen LogP contribution in [-0.4, -0.2) is 16.0 Å². The van der Waals surface area contributed by atoms with Crippen molar-refractivity contribution in [3.63, 3.8) is 0 Å². The minimum absolute atomic E-state index is 0.333. The Morgan fingerprint density at radius 1 is 1.58 bits per heavy atom. The van der Waals surface area contributed by atoms with E-state index in [1.54, 1.807) is 11.3 Å². The van der Waals surface area contributed by atoms with Crippen LogP contribution in [0.4, 0.5) is 0 Å². The molecule has 0 saturated carbocycles. The summed E-state index contributed by atoms with van der Waals surface area (Å²) >= 11 is 3.03. The van der Waals surface area contributed by atoms with Gasteiger partial charge in [-0.2, -0.15) is 5.26 Å². The average molecular weight is 291 g/mol. The molecule has 0 aromatic carbocycles. The predicted molar refractivity (Wildman–Crippen MR) is 75.1 cm³/mol. The Bertz CT molecular complexity index is 626. The van der Waals surface area contributed by atoms with Gasteiger partial charge in [-0.05, 0) is 36.8 Å². The molecule has 4 nitrogen and oxygen atoms in total. The van der Waals surface area contributed by atoms with Crippen molar-refractivity contribution in [3.05, 3.63) is 16.5 Å². The normalized spacial score (nSPS) is 18.0. The zero-order valence-corrected chi connectivity index (χ0v) is 12.2. The van der Waals surface area contributed by atoms with Crippen molar-refractivity contribution >= 4 is 23.1 Å². The van der Waals surface area contributed by atoms with E-state index in [4.69, 9.17) is 9.68 Å². The molecule has 0 bridgehead atoms. The highest BCUT2D eigenvalue weighted by Crippen LogP contribution is 2.37. The van der Waals surface area contributed by atoms with Crippen LogP contribution in [0.2, 0.25) is 0 Å². The van der Waals surface area contributed by atoms with Gasteiger partial charge in [0.25, 0.3) is 11.1 Å². The molecule has 19 heavy (non-hydrogen) atoms. The number of hydrogen-bond donors (Lipinski definition) is 0. The Morgan fingerprint density at radius 2 is 2.47 bits per heavy atom. The van der Waals surface area contributed by atoms with E-state index in [9.17, 15) is 0 Å². The van der Waals surface area contributed by atoms with Crippen molar-refractivity contribution in [3.8, 4) is 16.8 Å². The van der Waals surface area contributed by atoms with Crippen molar-refractivity contribution in [2.24, 2.45) is 5.92 Å². The fraction of sp³-hybridized carbons (Fsp3) is 0.462. The van der Waals surface area contributed by atoms with E-state index >= 15 is 0 Å². The van der Waals surface area contributed by atoms with Crippen molar-refractivity contribution in [1.82, 2.24) is 10.2 Å². The number of aromatic nitrogens is 2. The maximum Gasteiger partial charge on any atom is 0.277 e. The summed E-state index contributed by atoms with van der Waals surface area (Å²) in [5.41, 5.74) is 1.43. The molecule has 6 heteroatoms. The smallest absolute Gasteiger partial charge is 0.277 e. The monoisotopic (exact) mass is 291 g/mol. The number of aryl methyl sites for hydroxylation is 1. The quantitative estimate of drug-likeness (QED) is 0.809. The van der Waals surface area contributed by atoms with E-state index in [1.807, 2.05) is 6.07 Å². The minimum Gasteiger partial charge on any atom is -0.410 e. The summed E-state index contributed by atoms with van der Waals surface area (Å²) in [7, 11) is 0. The second-order valence-corrected chi connectivity index (χ2v) is 6.79. The van der Waals surface area contributed by atoms with Crippen molar-refractivity contribution in [2.75, 3.05) is 5.75 Å². The third-order valence-corrected chi connectivity index (χ3v) is 5.12. The number of thiophene rings is 1. The van der Waals surface area contributed by atoms with Gasteiger partial charge >= 0.3 is 0 Å². The number of nitrogens with zero attached hydrogens (tertiary/aromatic N) is 3.